The van der Waals surface area contributed by atoms with Gasteiger partial charge in [0.15, 0.2) is 0 Å². The highest BCUT2D eigenvalue weighted by molar-refractivity contribution is 6.34. The summed E-state index contributed by atoms with van der Waals surface area (Å²) < 4.78 is 0. The van der Waals surface area contributed by atoms with Crippen LogP contribution < -0.4 is 4.90 Å². The fourth-order valence-electron chi connectivity index (χ4n) is 3.28. The largest absolute Gasteiger partial charge is 0.308 e. The number of carbonyl (C=O) groups excluding carboxylic acids is 1. The Hall–Kier alpha value is -2.59. The van der Waals surface area contributed by atoms with Crippen molar-refractivity contribution in [3.63, 3.8) is 0 Å². The number of allylic oxidation sites excluding steroid dienone is 1. The third kappa shape index (κ3) is 4.48. The summed E-state index contributed by atoms with van der Waals surface area (Å²) in [5.74, 6) is -0.220. The summed E-state index contributed by atoms with van der Waals surface area (Å²) in [6.45, 7) is 2.86. The molecule has 0 unspecified atom stereocenters. The molecule has 0 saturated heterocycles. The molecule has 4 heteroatoms. The summed E-state index contributed by atoms with van der Waals surface area (Å²) in [7, 11) is 0. The van der Waals surface area contributed by atoms with Gasteiger partial charge in [0.05, 0.1) is 11.3 Å². The summed E-state index contributed by atoms with van der Waals surface area (Å²) in [5.41, 5.74) is 1.66. The standard InChI is InChI=1S/C21H25N3O/c1-2-3-4-5-6-7-8-11-14-24-19-13-10-9-12-18(19)20(21(24)25)17(15-22)16-23/h9-10,12-13H,2-8,11,14H2,1H3. The van der Waals surface area contributed by atoms with Gasteiger partial charge in [-0.25, -0.2) is 0 Å². The van der Waals surface area contributed by atoms with Crippen molar-refractivity contribution < 1.29 is 4.79 Å². The number of benzene rings is 1. The van der Waals surface area contributed by atoms with Crippen molar-refractivity contribution in [3.8, 4) is 12.1 Å². The molecule has 1 aliphatic rings. The van der Waals surface area contributed by atoms with Crippen LogP contribution in [0.4, 0.5) is 5.69 Å². The lowest BCUT2D eigenvalue weighted by atomic mass is 10.0. The van der Waals surface area contributed by atoms with Crippen molar-refractivity contribution in [3.05, 3.63) is 35.4 Å². The highest BCUT2D eigenvalue weighted by Crippen LogP contribution is 2.38. The van der Waals surface area contributed by atoms with Crippen molar-refractivity contribution in [1.82, 2.24) is 0 Å². The zero-order valence-corrected chi connectivity index (χ0v) is 14.9. The number of para-hydroxylation sites is 1. The first kappa shape index (κ1) is 18.7. The Bertz CT molecular complexity index is 705. The van der Waals surface area contributed by atoms with E-state index in [1.807, 2.05) is 36.4 Å². The number of fused-ring (bicyclic) bond motifs is 1. The van der Waals surface area contributed by atoms with E-state index in [9.17, 15) is 4.79 Å². The molecule has 0 saturated carbocycles. The van der Waals surface area contributed by atoms with Gasteiger partial charge in [-0.15, -0.1) is 0 Å². The molecule has 0 radical (unpaired) electrons. The molecule has 0 spiro atoms. The van der Waals surface area contributed by atoms with E-state index in [1.54, 1.807) is 4.90 Å². The molecule has 1 aromatic carbocycles. The number of carbonyl (C=O) groups is 1. The van der Waals surface area contributed by atoms with Crippen LogP contribution in [0.2, 0.25) is 0 Å². The van der Waals surface area contributed by atoms with Crippen LogP contribution in [-0.2, 0) is 4.79 Å². The number of anilines is 1. The van der Waals surface area contributed by atoms with Crippen LogP contribution in [0.5, 0.6) is 0 Å². The second-order valence-electron chi connectivity index (χ2n) is 6.42. The molecule has 0 fully saturated rings. The number of amides is 1. The number of rotatable bonds is 9. The second-order valence-corrected chi connectivity index (χ2v) is 6.42. The Kier molecular flexibility index (Phi) is 7.23. The number of hydrogen-bond acceptors (Lipinski definition) is 3. The van der Waals surface area contributed by atoms with E-state index in [2.05, 4.69) is 6.92 Å². The highest BCUT2D eigenvalue weighted by atomic mass is 16.2. The third-order valence-corrected chi connectivity index (χ3v) is 4.63. The average molecular weight is 335 g/mol. The van der Waals surface area contributed by atoms with Crippen LogP contribution in [-0.4, -0.2) is 12.5 Å². The Balaban J connectivity index is 1.97. The zero-order chi connectivity index (χ0) is 18.1. The quantitative estimate of drug-likeness (QED) is 0.363. The first-order chi connectivity index (χ1) is 12.2. The third-order valence-electron chi connectivity index (χ3n) is 4.63. The lowest BCUT2D eigenvalue weighted by Gasteiger charge is -2.16. The zero-order valence-electron chi connectivity index (χ0n) is 14.9. The number of nitriles is 2. The van der Waals surface area contributed by atoms with E-state index in [0.29, 0.717) is 12.1 Å². The monoisotopic (exact) mass is 335 g/mol. The Morgan fingerprint density at radius 1 is 0.960 bits per heavy atom. The number of unbranched alkanes of at least 4 members (excludes halogenated alkanes) is 7. The predicted octanol–water partition coefficient (Wildman–Crippen LogP) is 4.97. The van der Waals surface area contributed by atoms with Gasteiger partial charge in [-0.2, -0.15) is 10.5 Å². The van der Waals surface area contributed by atoms with Crippen molar-refractivity contribution >= 4 is 17.2 Å². The lowest BCUT2D eigenvalue weighted by Crippen LogP contribution is -2.27. The van der Waals surface area contributed by atoms with E-state index in [-0.39, 0.29) is 17.1 Å². The minimum Gasteiger partial charge on any atom is -0.308 e. The minimum absolute atomic E-state index is 0.101. The summed E-state index contributed by atoms with van der Waals surface area (Å²) in [6.07, 6.45) is 9.66. The van der Waals surface area contributed by atoms with Crippen molar-refractivity contribution in [2.75, 3.05) is 11.4 Å². The molecule has 0 bridgehead atoms. The van der Waals surface area contributed by atoms with Crippen LogP contribution in [0.15, 0.2) is 29.8 Å². The average Bonchev–Trinajstić information content (AvgIpc) is 2.91. The summed E-state index contributed by atoms with van der Waals surface area (Å²) in [4.78, 5) is 14.4. The maximum Gasteiger partial charge on any atom is 0.261 e. The van der Waals surface area contributed by atoms with E-state index in [4.69, 9.17) is 10.5 Å². The first-order valence-electron chi connectivity index (χ1n) is 9.20. The fraction of sp³-hybridized carbons (Fsp3) is 0.476. The first-order valence-corrected chi connectivity index (χ1v) is 9.20. The summed E-state index contributed by atoms with van der Waals surface area (Å²) in [5, 5.41) is 18.3. The van der Waals surface area contributed by atoms with Crippen molar-refractivity contribution in [1.29, 1.82) is 10.5 Å². The van der Waals surface area contributed by atoms with Gasteiger partial charge < -0.3 is 4.90 Å². The van der Waals surface area contributed by atoms with Gasteiger partial charge in [0.1, 0.15) is 17.7 Å². The summed E-state index contributed by atoms with van der Waals surface area (Å²) in [6, 6.07) is 11.1. The highest BCUT2D eigenvalue weighted by Gasteiger charge is 2.34. The maximum atomic E-state index is 12.7. The van der Waals surface area contributed by atoms with Gasteiger partial charge in [-0.3, -0.25) is 4.79 Å². The minimum atomic E-state index is -0.220. The van der Waals surface area contributed by atoms with Crippen LogP contribution >= 0.6 is 0 Å². The van der Waals surface area contributed by atoms with Crippen LogP contribution in [0.25, 0.3) is 5.57 Å². The fourth-order valence-corrected chi connectivity index (χ4v) is 3.28. The van der Waals surface area contributed by atoms with Crippen molar-refractivity contribution in [2.24, 2.45) is 0 Å². The second kappa shape index (κ2) is 9.64. The van der Waals surface area contributed by atoms with Gasteiger partial charge >= 0.3 is 0 Å². The molecular weight excluding hydrogens is 310 g/mol. The smallest absolute Gasteiger partial charge is 0.261 e. The van der Waals surface area contributed by atoms with Crippen LogP contribution in [0, 0.1) is 22.7 Å². The number of hydrogen-bond donors (Lipinski definition) is 0. The molecule has 0 aromatic heterocycles. The molecule has 130 valence electrons. The molecule has 0 N–H and O–H groups in total. The molecule has 1 aliphatic heterocycles. The van der Waals surface area contributed by atoms with Gasteiger partial charge in [0, 0.05) is 12.1 Å². The SMILES string of the molecule is CCCCCCCCCCN1C(=O)C(=C(C#N)C#N)c2ccccc21. The topological polar surface area (TPSA) is 67.9 Å². The van der Waals surface area contributed by atoms with Gasteiger partial charge in [-0.1, -0.05) is 70.1 Å². The van der Waals surface area contributed by atoms with Gasteiger partial charge in [-0.05, 0) is 12.5 Å². The van der Waals surface area contributed by atoms with Crippen molar-refractivity contribution in [2.45, 2.75) is 58.3 Å². The molecule has 0 aliphatic carbocycles. The van der Waals surface area contributed by atoms with Gasteiger partial charge in [0.25, 0.3) is 5.91 Å². The molecule has 1 amide bonds. The normalized spacial score (nSPS) is 12.7. The Labute approximate surface area is 150 Å². The molecule has 1 aromatic rings. The molecular formula is C21H25N3O. The maximum absolute atomic E-state index is 12.7. The molecule has 0 atom stereocenters. The van der Waals surface area contributed by atoms with Gasteiger partial charge in [0.2, 0.25) is 0 Å². The van der Waals surface area contributed by atoms with E-state index in [1.165, 1.54) is 38.5 Å². The lowest BCUT2D eigenvalue weighted by molar-refractivity contribution is -0.113. The van der Waals surface area contributed by atoms with Crippen LogP contribution in [0.1, 0.15) is 63.9 Å². The van der Waals surface area contributed by atoms with E-state index in [0.717, 1.165) is 18.5 Å². The van der Waals surface area contributed by atoms with E-state index >= 15 is 0 Å². The molecule has 25 heavy (non-hydrogen) atoms. The van der Waals surface area contributed by atoms with E-state index < -0.39 is 0 Å². The molecule has 2 rings (SSSR count). The molecule has 1 heterocycles. The Morgan fingerprint density at radius 3 is 2.20 bits per heavy atom. The number of nitrogens with zero attached hydrogens (tertiary/aromatic N) is 3. The Morgan fingerprint density at radius 2 is 1.56 bits per heavy atom. The summed E-state index contributed by atoms with van der Waals surface area (Å²) >= 11 is 0. The molecule has 4 nitrogen and oxygen atoms in total. The van der Waals surface area contributed by atoms with Crippen LogP contribution in [0.3, 0.4) is 0 Å². The predicted molar refractivity (Wildman–Crippen MR) is 99.6 cm³/mol.